The lowest BCUT2D eigenvalue weighted by molar-refractivity contribution is 0.0188. The third-order valence-electron chi connectivity index (χ3n) is 6.22. The largest absolute Gasteiger partial charge is 0.444 e. The van der Waals surface area contributed by atoms with E-state index in [1.54, 1.807) is 38.4 Å². The molecule has 4 aromatic rings. The molecule has 1 saturated heterocycles. The van der Waals surface area contributed by atoms with Gasteiger partial charge in [-0.05, 0) is 57.9 Å². The molecule has 5 heterocycles. The average Bonchev–Trinajstić information content (AvgIpc) is 3.48. The van der Waals surface area contributed by atoms with Crippen LogP contribution in [0.4, 0.5) is 13.6 Å². The van der Waals surface area contributed by atoms with E-state index in [0.29, 0.717) is 48.4 Å². The standard InChI is InChI=1S/C25H27F2N7O4/c1-25(2,3)38-24(36)32-11-8-17(9-12-32)34-18-5-4-10-28-20(18)33(23(34)35)14-16-7-6-15(13-29-16)21-30-31-22(37-21)19(26)27/h4-7,10,13,17,19H,8-9,11-12,14H2,1-3H3. The van der Waals surface area contributed by atoms with Crippen molar-refractivity contribution in [1.82, 2.24) is 34.2 Å². The molecule has 0 aliphatic carbocycles. The number of aromatic nitrogens is 6. The second-order valence-electron chi connectivity index (χ2n) is 10.1. The molecule has 0 bridgehead atoms. The Labute approximate surface area is 216 Å². The number of piperidine rings is 1. The van der Waals surface area contributed by atoms with Crippen LogP contribution >= 0.6 is 0 Å². The van der Waals surface area contributed by atoms with Gasteiger partial charge in [0.05, 0.1) is 23.3 Å². The lowest BCUT2D eigenvalue weighted by atomic mass is 10.1. The molecule has 5 rings (SSSR count). The molecule has 0 saturated carbocycles. The topological polar surface area (TPSA) is 121 Å². The van der Waals surface area contributed by atoms with Gasteiger partial charge in [-0.15, -0.1) is 10.2 Å². The highest BCUT2D eigenvalue weighted by Crippen LogP contribution is 2.27. The van der Waals surface area contributed by atoms with Gasteiger partial charge in [0.1, 0.15) is 5.60 Å². The number of imidazole rings is 1. The summed E-state index contributed by atoms with van der Waals surface area (Å²) in [5.41, 5.74) is 1.38. The highest BCUT2D eigenvalue weighted by molar-refractivity contribution is 5.72. The number of hydrogen-bond donors (Lipinski definition) is 0. The van der Waals surface area contributed by atoms with Gasteiger partial charge in [-0.3, -0.25) is 14.1 Å². The number of likely N-dealkylation sites (tertiary alicyclic amines) is 1. The van der Waals surface area contributed by atoms with Crippen molar-refractivity contribution in [2.75, 3.05) is 13.1 Å². The number of pyridine rings is 2. The minimum Gasteiger partial charge on any atom is -0.444 e. The molecule has 0 radical (unpaired) electrons. The number of rotatable bonds is 5. The number of carbonyl (C=O) groups excluding carboxylic acids is 1. The lowest BCUT2D eigenvalue weighted by Gasteiger charge is -2.33. The molecule has 1 aliphatic rings. The average molecular weight is 528 g/mol. The Hall–Kier alpha value is -4.16. The lowest BCUT2D eigenvalue weighted by Crippen LogP contribution is -2.43. The van der Waals surface area contributed by atoms with Crippen molar-refractivity contribution >= 4 is 17.3 Å². The van der Waals surface area contributed by atoms with E-state index in [9.17, 15) is 18.4 Å². The van der Waals surface area contributed by atoms with E-state index in [2.05, 4.69) is 20.2 Å². The fraction of sp³-hybridized carbons (Fsp3) is 0.440. The van der Waals surface area contributed by atoms with Crippen LogP contribution in [0, 0.1) is 0 Å². The summed E-state index contributed by atoms with van der Waals surface area (Å²) in [7, 11) is 0. The van der Waals surface area contributed by atoms with Crippen molar-refractivity contribution < 1.29 is 22.7 Å². The number of alkyl halides is 2. The molecule has 1 aliphatic heterocycles. The minimum atomic E-state index is -2.86. The quantitative estimate of drug-likeness (QED) is 0.379. The third kappa shape index (κ3) is 5.13. The van der Waals surface area contributed by atoms with Gasteiger partial charge in [-0.2, -0.15) is 8.78 Å². The summed E-state index contributed by atoms with van der Waals surface area (Å²) in [4.78, 5) is 36.5. The maximum absolute atomic E-state index is 13.6. The summed E-state index contributed by atoms with van der Waals surface area (Å²) in [6, 6.07) is 6.82. The predicted molar refractivity (Wildman–Crippen MR) is 132 cm³/mol. The Morgan fingerprint density at radius 1 is 1.16 bits per heavy atom. The highest BCUT2D eigenvalue weighted by atomic mass is 19.3. The Kier molecular flexibility index (Phi) is 6.67. The zero-order valence-corrected chi connectivity index (χ0v) is 21.2. The third-order valence-corrected chi connectivity index (χ3v) is 6.22. The van der Waals surface area contributed by atoms with Crippen molar-refractivity contribution in [2.24, 2.45) is 0 Å². The van der Waals surface area contributed by atoms with Gasteiger partial charge in [0.15, 0.2) is 5.65 Å². The van der Waals surface area contributed by atoms with Gasteiger partial charge >= 0.3 is 18.2 Å². The van der Waals surface area contributed by atoms with E-state index < -0.39 is 17.9 Å². The van der Waals surface area contributed by atoms with Crippen LogP contribution in [0.2, 0.25) is 0 Å². The normalized spacial score (nSPS) is 14.9. The first-order valence-corrected chi connectivity index (χ1v) is 12.2. The first-order valence-electron chi connectivity index (χ1n) is 12.2. The summed E-state index contributed by atoms with van der Waals surface area (Å²) >= 11 is 0. The highest BCUT2D eigenvalue weighted by Gasteiger charge is 2.30. The van der Waals surface area contributed by atoms with Crippen LogP contribution in [-0.2, 0) is 11.3 Å². The second-order valence-corrected chi connectivity index (χ2v) is 10.1. The van der Waals surface area contributed by atoms with E-state index in [1.807, 2.05) is 26.8 Å². The van der Waals surface area contributed by atoms with Gasteiger partial charge in [-0.25, -0.2) is 14.6 Å². The molecule has 0 spiro atoms. The Balaban J connectivity index is 1.36. The molecule has 38 heavy (non-hydrogen) atoms. The first-order chi connectivity index (χ1) is 18.1. The maximum atomic E-state index is 13.6. The summed E-state index contributed by atoms with van der Waals surface area (Å²) in [5, 5.41) is 6.95. The minimum absolute atomic E-state index is 0.0625. The van der Waals surface area contributed by atoms with E-state index in [1.165, 1.54) is 6.20 Å². The van der Waals surface area contributed by atoms with Gasteiger partial charge in [0.25, 0.3) is 5.89 Å². The molecule has 1 amide bonds. The molecule has 13 heteroatoms. The van der Waals surface area contributed by atoms with Crippen molar-refractivity contribution in [3.05, 3.63) is 58.7 Å². The number of ether oxygens (including phenoxy) is 1. The predicted octanol–water partition coefficient (Wildman–Crippen LogP) is 4.20. The fourth-order valence-electron chi connectivity index (χ4n) is 4.48. The zero-order chi connectivity index (χ0) is 27.0. The molecule has 200 valence electrons. The fourth-order valence-corrected chi connectivity index (χ4v) is 4.48. The Morgan fingerprint density at radius 3 is 2.55 bits per heavy atom. The Morgan fingerprint density at radius 2 is 1.92 bits per heavy atom. The van der Waals surface area contributed by atoms with Gasteiger partial charge in [0.2, 0.25) is 5.89 Å². The van der Waals surface area contributed by atoms with Crippen LogP contribution in [-0.4, -0.2) is 59.0 Å². The van der Waals surface area contributed by atoms with E-state index in [4.69, 9.17) is 9.15 Å². The van der Waals surface area contributed by atoms with Crippen molar-refractivity contribution in [1.29, 1.82) is 0 Å². The van der Waals surface area contributed by atoms with Crippen LogP contribution < -0.4 is 5.69 Å². The number of nitrogens with zero attached hydrogens (tertiary/aromatic N) is 7. The SMILES string of the molecule is CC(C)(C)OC(=O)N1CCC(n2c(=O)n(Cc3ccc(-c4nnc(C(F)F)o4)cn3)c3ncccc32)CC1. The van der Waals surface area contributed by atoms with Crippen LogP contribution in [0.15, 0.2) is 45.9 Å². The van der Waals surface area contributed by atoms with Crippen LogP contribution in [0.25, 0.3) is 22.6 Å². The molecule has 0 N–H and O–H groups in total. The number of fused-ring (bicyclic) bond motifs is 1. The van der Waals surface area contributed by atoms with E-state index in [-0.39, 0.29) is 30.3 Å². The summed E-state index contributed by atoms with van der Waals surface area (Å²) in [6.07, 6.45) is 1.05. The molecule has 1 fully saturated rings. The maximum Gasteiger partial charge on any atom is 0.410 e. The number of amides is 1. The zero-order valence-electron chi connectivity index (χ0n) is 21.2. The summed E-state index contributed by atoms with van der Waals surface area (Å²) in [5.74, 6) is -0.820. The number of carbonyl (C=O) groups is 1. The van der Waals surface area contributed by atoms with E-state index >= 15 is 0 Å². The molecular weight excluding hydrogens is 500 g/mol. The van der Waals surface area contributed by atoms with Crippen LogP contribution in [0.5, 0.6) is 0 Å². The van der Waals surface area contributed by atoms with Crippen LogP contribution in [0.1, 0.15) is 57.7 Å². The van der Waals surface area contributed by atoms with E-state index in [0.717, 1.165) is 0 Å². The number of halogens is 2. The first kappa shape index (κ1) is 25.5. The molecule has 0 aromatic carbocycles. The molecular formula is C25H27F2N7O4. The molecule has 4 aromatic heterocycles. The molecule has 0 atom stereocenters. The Bertz CT molecular complexity index is 1500. The van der Waals surface area contributed by atoms with Crippen LogP contribution in [0.3, 0.4) is 0 Å². The molecule has 0 unspecified atom stereocenters. The van der Waals surface area contributed by atoms with Crippen molar-refractivity contribution in [3.8, 4) is 11.5 Å². The summed E-state index contributed by atoms with van der Waals surface area (Å²) < 4.78 is 39.2. The van der Waals surface area contributed by atoms with Crippen molar-refractivity contribution in [3.63, 3.8) is 0 Å². The monoisotopic (exact) mass is 527 g/mol. The number of hydrogen-bond acceptors (Lipinski definition) is 8. The second kappa shape index (κ2) is 9.95. The van der Waals surface area contributed by atoms with Crippen molar-refractivity contribution in [2.45, 2.75) is 58.2 Å². The smallest absolute Gasteiger partial charge is 0.410 e. The summed E-state index contributed by atoms with van der Waals surface area (Å²) in [6.45, 7) is 6.60. The molecule has 11 nitrogen and oxygen atoms in total. The van der Waals surface area contributed by atoms with Gasteiger partial charge in [-0.1, -0.05) is 0 Å². The van der Waals surface area contributed by atoms with Gasteiger partial charge in [0, 0.05) is 31.5 Å². The van der Waals surface area contributed by atoms with Gasteiger partial charge < -0.3 is 14.1 Å².